The van der Waals surface area contributed by atoms with Crippen molar-refractivity contribution in [3.63, 3.8) is 0 Å². The van der Waals surface area contributed by atoms with Crippen LogP contribution < -0.4 is 5.32 Å². The SMILES string of the molecule is COCCC(C)(C)CNCc1cccn1C. The highest BCUT2D eigenvalue weighted by molar-refractivity contribution is 5.05. The van der Waals surface area contributed by atoms with Gasteiger partial charge in [-0.2, -0.15) is 0 Å². The van der Waals surface area contributed by atoms with Crippen LogP contribution in [0.4, 0.5) is 0 Å². The van der Waals surface area contributed by atoms with Crippen molar-refractivity contribution in [2.24, 2.45) is 12.5 Å². The van der Waals surface area contributed by atoms with Crippen LogP contribution in [0, 0.1) is 5.41 Å². The van der Waals surface area contributed by atoms with Crippen molar-refractivity contribution < 1.29 is 4.74 Å². The third kappa shape index (κ3) is 4.37. The summed E-state index contributed by atoms with van der Waals surface area (Å²) in [5, 5.41) is 3.50. The second kappa shape index (κ2) is 6.06. The summed E-state index contributed by atoms with van der Waals surface area (Å²) in [7, 11) is 3.83. The fraction of sp³-hybridized carbons (Fsp3) is 0.692. The molecule has 0 saturated heterocycles. The maximum Gasteiger partial charge on any atom is 0.0467 e. The molecular weight excluding hydrogens is 200 g/mol. The molecule has 1 rings (SSSR count). The molecule has 1 N–H and O–H groups in total. The van der Waals surface area contributed by atoms with Crippen molar-refractivity contribution in [1.29, 1.82) is 0 Å². The Labute approximate surface area is 98.8 Å². The molecule has 0 fully saturated rings. The number of aryl methyl sites for hydroxylation is 1. The van der Waals surface area contributed by atoms with Gasteiger partial charge >= 0.3 is 0 Å². The van der Waals surface area contributed by atoms with Crippen LogP contribution in [0.2, 0.25) is 0 Å². The molecule has 1 heterocycles. The van der Waals surface area contributed by atoms with Crippen molar-refractivity contribution in [2.75, 3.05) is 20.3 Å². The summed E-state index contributed by atoms with van der Waals surface area (Å²) in [6.07, 6.45) is 3.16. The van der Waals surface area contributed by atoms with E-state index in [9.17, 15) is 0 Å². The molecule has 92 valence electrons. The van der Waals surface area contributed by atoms with E-state index in [4.69, 9.17) is 4.74 Å². The minimum atomic E-state index is 0.293. The first-order chi connectivity index (χ1) is 7.55. The van der Waals surface area contributed by atoms with Gasteiger partial charge in [-0.1, -0.05) is 13.8 Å². The summed E-state index contributed by atoms with van der Waals surface area (Å²) in [6, 6.07) is 4.22. The van der Waals surface area contributed by atoms with Gasteiger partial charge in [0.25, 0.3) is 0 Å². The molecule has 0 spiro atoms. The van der Waals surface area contributed by atoms with E-state index in [2.05, 4.69) is 49.1 Å². The quantitative estimate of drug-likeness (QED) is 0.768. The molecule has 3 heteroatoms. The number of rotatable bonds is 7. The lowest BCUT2D eigenvalue weighted by molar-refractivity contribution is 0.150. The second-order valence-electron chi connectivity index (χ2n) is 5.12. The molecule has 1 aromatic rings. The third-order valence-electron chi connectivity index (χ3n) is 2.94. The van der Waals surface area contributed by atoms with Gasteiger partial charge in [-0.15, -0.1) is 0 Å². The van der Waals surface area contributed by atoms with Crippen LogP contribution in [0.5, 0.6) is 0 Å². The van der Waals surface area contributed by atoms with E-state index in [1.54, 1.807) is 7.11 Å². The predicted molar refractivity (Wildman–Crippen MR) is 67.4 cm³/mol. The smallest absolute Gasteiger partial charge is 0.0467 e. The van der Waals surface area contributed by atoms with Gasteiger partial charge in [0.05, 0.1) is 0 Å². The molecule has 3 nitrogen and oxygen atoms in total. The highest BCUT2D eigenvalue weighted by atomic mass is 16.5. The summed E-state index contributed by atoms with van der Waals surface area (Å²) in [4.78, 5) is 0. The van der Waals surface area contributed by atoms with Crippen LogP contribution in [0.3, 0.4) is 0 Å². The number of ether oxygens (including phenoxy) is 1. The Morgan fingerprint density at radius 3 is 2.75 bits per heavy atom. The Morgan fingerprint density at radius 2 is 2.19 bits per heavy atom. The summed E-state index contributed by atoms with van der Waals surface area (Å²) in [5.41, 5.74) is 1.61. The number of nitrogens with zero attached hydrogens (tertiary/aromatic N) is 1. The van der Waals surface area contributed by atoms with E-state index in [0.29, 0.717) is 5.41 Å². The average molecular weight is 224 g/mol. The van der Waals surface area contributed by atoms with Crippen LogP contribution in [0.1, 0.15) is 26.0 Å². The monoisotopic (exact) mass is 224 g/mol. The van der Waals surface area contributed by atoms with Crippen molar-refractivity contribution in [3.05, 3.63) is 24.0 Å². The zero-order valence-electron chi connectivity index (χ0n) is 10.9. The number of nitrogens with one attached hydrogen (secondary N) is 1. The van der Waals surface area contributed by atoms with Crippen LogP contribution >= 0.6 is 0 Å². The number of hydrogen-bond donors (Lipinski definition) is 1. The molecule has 0 unspecified atom stereocenters. The van der Waals surface area contributed by atoms with Crippen molar-refractivity contribution in [1.82, 2.24) is 9.88 Å². The van der Waals surface area contributed by atoms with Gasteiger partial charge < -0.3 is 14.6 Å². The summed E-state index contributed by atoms with van der Waals surface area (Å²) < 4.78 is 7.27. The maximum atomic E-state index is 5.12. The molecule has 0 radical (unpaired) electrons. The fourth-order valence-electron chi connectivity index (χ4n) is 1.68. The lowest BCUT2D eigenvalue weighted by Crippen LogP contribution is -2.30. The molecular formula is C13H24N2O. The Morgan fingerprint density at radius 1 is 1.44 bits per heavy atom. The predicted octanol–water partition coefficient (Wildman–Crippen LogP) is 2.18. The number of hydrogen-bond acceptors (Lipinski definition) is 2. The molecule has 0 bridgehead atoms. The molecule has 1 aromatic heterocycles. The highest BCUT2D eigenvalue weighted by Gasteiger charge is 2.16. The number of methoxy groups -OCH3 is 1. The summed E-state index contributed by atoms with van der Waals surface area (Å²) in [6.45, 7) is 7.31. The first-order valence-electron chi connectivity index (χ1n) is 5.85. The van der Waals surface area contributed by atoms with Crippen LogP contribution in [-0.2, 0) is 18.3 Å². The first kappa shape index (κ1) is 13.3. The van der Waals surface area contributed by atoms with Crippen molar-refractivity contribution >= 4 is 0 Å². The first-order valence-corrected chi connectivity index (χ1v) is 5.85. The normalized spacial score (nSPS) is 12.0. The van der Waals surface area contributed by atoms with E-state index in [1.165, 1.54) is 5.69 Å². The Kier molecular flexibility index (Phi) is 5.03. The van der Waals surface area contributed by atoms with Crippen LogP contribution in [0.15, 0.2) is 18.3 Å². The lowest BCUT2D eigenvalue weighted by Gasteiger charge is -2.24. The fourth-order valence-corrected chi connectivity index (χ4v) is 1.68. The van der Waals surface area contributed by atoms with Gasteiger partial charge in [0.2, 0.25) is 0 Å². The Balaban J connectivity index is 2.27. The van der Waals surface area contributed by atoms with Gasteiger partial charge in [-0.05, 0) is 24.0 Å². The van der Waals surface area contributed by atoms with Crippen LogP contribution in [0.25, 0.3) is 0 Å². The van der Waals surface area contributed by atoms with Gasteiger partial charge in [-0.3, -0.25) is 0 Å². The van der Waals surface area contributed by atoms with E-state index in [1.807, 2.05) is 0 Å². The standard InChI is InChI=1S/C13H24N2O/c1-13(2,7-9-16-4)11-14-10-12-6-5-8-15(12)3/h5-6,8,14H,7,9-11H2,1-4H3. The molecule has 0 aliphatic heterocycles. The number of aromatic nitrogens is 1. The topological polar surface area (TPSA) is 26.2 Å². The highest BCUT2D eigenvalue weighted by Crippen LogP contribution is 2.18. The van der Waals surface area contributed by atoms with E-state index in [0.717, 1.165) is 26.1 Å². The molecule has 0 aliphatic rings. The molecule has 16 heavy (non-hydrogen) atoms. The molecule has 0 aliphatic carbocycles. The summed E-state index contributed by atoms with van der Waals surface area (Å²) >= 11 is 0. The molecule has 0 aromatic carbocycles. The second-order valence-corrected chi connectivity index (χ2v) is 5.12. The van der Waals surface area contributed by atoms with E-state index in [-0.39, 0.29) is 0 Å². The zero-order chi connectivity index (χ0) is 12.0. The van der Waals surface area contributed by atoms with Gasteiger partial charge in [0, 0.05) is 45.7 Å². The third-order valence-corrected chi connectivity index (χ3v) is 2.94. The van der Waals surface area contributed by atoms with Gasteiger partial charge in [0.15, 0.2) is 0 Å². The van der Waals surface area contributed by atoms with E-state index >= 15 is 0 Å². The lowest BCUT2D eigenvalue weighted by atomic mass is 9.90. The zero-order valence-corrected chi connectivity index (χ0v) is 10.9. The Hall–Kier alpha value is -0.800. The molecule has 0 saturated carbocycles. The largest absolute Gasteiger partial charge is 0.385 e. The van der Waals surface area contributed by atoms with Crippen LogP contribution in [-0.4, -0.2) is 24.8 Å². The minimum absolute atomic E-state index is 0.293. The molecule has 0 atom stereocenters. The van der Waals surface area contributed by atoms with Gasteiger partial charge in [-0.25, -0.2) is 0 Å². The minimum Gasteiger partial charge on any atom is -0.385 e. The summed E-state index contributed by atoms with van der Waals surface area (Å²) in [5.74, 6) is 0. The maximum absolute atomic E-state index is 5.12. The van der Waals surface area contributed by atoms with Crippen molar-refractivity contribution in [2.45, 2.75) is 26.8 Å². The Bertz CT molecular complexity index is 305. The molecule has 0 amide bonds. The van der Waals surface area contributed by atoms with Crippen molar-refractivity contribution in [3.8, 4) is 0 Å². The van der Waals surface area contributed by atoms with E-state index < -0.39 is 0 Å². The van der Waals surface area contributed by atoms with Gasteiger partial charge in [0.1, 0.15) is 0 Å². The average Bonchev–Trinajstić information content (AvgIpc) is 2.62.